The van der Waals surface area contributed by atoms with Gasteiger partial charge in [-0.1, -0.05) is 0 Å². The molecule has 0 spiro atoms. The van der Waals surface area contributed by atoms with Crippen LogP contribution in [0.4, 0.5) is 17.3 Å². The van der Waals surface area contributed by atoms with Gasteiger partial charge in [0.25, 0.3) is 0 Å². The summed E-state index contributed by atoms with van der Waals surface area (Å²) >= 11 is 0. The molecule has 0 fully saturated rings. The van der Waals surface area contributed by atoms with Crippen molar-refractivity contribution in [3.8, 4) is 0 Å². The van der Waals surface area contributed by atoms with Crippen LogP contribution in [0.15, 0.2) is 10.2 Å². The van der Waals surface area contributed by atoms with Crippen LogP contribution in [-0.4, -0.2) is 21.5 Å². The van der Waals surface area contributed by atoms with Crippen LogP contribution in [0, 0.1) is 0 Å². The number of aliphatic hydroxyl groups is 1. The summed E-state index contributed by atoms with van der Waals surface area (Å²) in [6.07, 6.45) is 0.205. The highest BCUT2D eigenvalue weighted by Gasteiger charge is 2.24. The van der Waals surface area contributed by atoms with Crippen LogP contribution >= 0.6 is 0 Å². The Balaban J connectivity index is 2.37. The van der Waals surface area contributed by atoms with E-state index < -0.39 is 0 Å². The minimum absolute atomic E-state index is 0.0306. The smallest absolute Gasteiger partial charge is 0.200 e. The maximum Gasteiger partial charge on any atom is 0.200 e. The molecule has 70 valence electrons. The number of nitrogens with two attached hydrogens (primary N) is 2. The summed E-state index contributed by atoms with van der Waals surface area (Å²) in [5.41, 5.74) is 11.4. The van der Waals surface area contributed by atoms with E-state index >= 15 is 0 Å². The number of aromatic nitrogens is 2. The quantitative estimate of drug-likeness (QED) is 0.598. The molecular weight excluding hydrogens is 172 g/mol. The summed E-state index contributed by atoms with van der Waals surface area (Å²) in [6, 6.07) is 0. The first-order chi connectivity index (χ1) is 6.24. The topological polar surface area (TPSA) is 115 Å². The van der Waals surface area contributed by atoms with Gasteiger partial charge in [-0.3, -0.25) is 0 Å². The highest BCUT2D eigenvalue weighted by molar-refractivity contribution is 5.71. The zero-order valence-electron chi connectivity index (χ0n) is 6.88. The highest BCUT2D eigenvalue weighted by Crippen LogP contribution is 2.37. The molecule has 1 aliphatic heterocycles. The lowest BCUT2D eigenvalue weighted by atomic mass is 10.4. The average Bonchev–Trinajstić information content (AvgIpc) is 2.59. The maximum absolute atomic E-state index is 8.72. The number of azo groups is 1. The summed E-state index contributed by atoms with van der Waals surface area (Å²) in [4.78, 5) is 0. The van der Waals surface area contributed by atoms with E-state index in [0.29, 0.717) is 17.9 Å². The zero-order valence-corrected chi connectivity index (χ0v) is 6.88. The van der Waals surface area contributed by atoms with Gasteiger partial charge in [0.05, 0.1) is 0 Å². The molecule has 0 saturated heterocycles. The Labute approximate surface area is 74.0 Å². The zero-order chi connectivity index (χ0) is 9.42. The second-order valence-electron chi connectivity index (χ2n) is 2.78. The molecule has 13 heavy (non-hydrogen) atoms. The molecule has 0 radical (unpaired) electrons. The van der Waals surface area contributed by atoms with Gasteiger partial charge in [-0.2, -0.15) is 5.11 Å². The third-order valence-electron chi connectivity index (χ3n) is 1.90. The van der Waals surface area contributed by atoms with Crippen LogP contribution in [-0.2, 0) is 0 Å². The molecule has 0 aliphatic carbocycles. The first kappa shape index (κ1) is 7.99. The van der Waals surface area contributed by atoms with Gasteiger partial charge in [-0.15, -0.1) is 10.2 Å². The van der Waals surface area contributed by atoms with Crippen molar-refractivity contribution in [2.75, 3.05) is 18.1 Å². The highest BCUT2D eigenvalue weighted by atomic mass is 16.3. The van der Waals surface area contributed by atoms with Crippen LogP contribution in [0.2, 0.25) is 0 Å². The van der Waals surface area contributed by atoms with Crippen molar-refractivity contribution in [1.82, 2.24) is 9.78 Å². The van der Waals surface area contributed by atoms with Gasteiger partial charge in [-0.05, 0) is 0 Å². The number of hydrogen-bond acceptors (Lipinski definition) is 6. The van der Waals surface area contributed by atoms with Gasteiger partial charge >= 0.3 is 0 Å². The molecule has 0 bridgehead atoms. The Morgan fingerprint density at radius 1 is 1.46 bits per heavy atom. The van der Waals surface area contributed by atoms with Crippen LogP contribution < -0.4 is 11.5 Å². The van der Waals surface area contributed by atoms with Crippen molar-refractivity contribution in [1.29, 1.82) is 0 Å². The summed E-state index contributed by atoms with van der Waals surface area (Å²) in [6.45, 7) is 0.0306. The fourth-order valence-corrected chi connectivity index (χ4v) is 1.23. The first-order valence-electron chi connectivity index (χ1n) is 3.89. The predicted molar refractivity (Wildman–Crippen MR) is 46.3 cm³/mol. The van der Waals surface area contributed by atoms with Gasteiger partial charge in [0, 0.05) is 13.0 Å². The molecular formula is C6H10N6O. The second kappa shape index (κ2) is 2.70. The molecule has 2 heterocycles. The lowest BCUT2D eigenvalue weighted by Gasteiger charge is -2.03. The Morgan fingerprint density at radius 3 is 2.92 bits per heavy atom. The van der Waals surface area contributed by atoms with Gasteiger partial charge in [0.1, 0.15) is 5.69 Å². The Bertz CT molecular complexity index is 356. The Kier molecular flexibility index (Phi) is 1.66. The van der Waals surface area contributed by atoms with Crippen molar-refractivity contribution in [2.24, 2.45) is 10.2 Å². The van der Waals surface area contributed by atoms with Crippen molar-refractivity contribution in [3.63, 3.8) is 0 Å². The van der Waals surface area contributed by atoms with E-state index in [1.165, 1.54) is 4.68 Å². The molecule has 0 aromatic carbocycles. The third-order valence-corrected chi connectivity index (χ3v) is 1.90. The number of rotatable bonds is 2. The molecule has 0 amide bonds. The van der Waals surface area contributed by atoms with Gasteiger partial charge in [0.2, 0.25) is 0 Å². The molecule has 1 aromatic rings. The minimum atomic E-state index is -0.264. The fourth-order valence-electron chi connectivity index (χ4n) is 1.23. The summed E-state index contributed by atoms with van der Waals surface area (Å²) < 4.78 is 1.53. The maximum atomic E-state index is 8.72. The molecule has 7 heteroatoms. The number of nitrogens with zero attached hydrogens (tertiary/aromatic N) is 4. The third kappa shape index (κ3) is 1.04. The van der Waals surface area contributed by atoms with Gasteiger partial charge in [0.15, 0.2) is 17.8 Å². The number of fused-ring (bicyclic) bond motifs is 1. The minimum Gasteiger partial charge on any atom is -0.396 e. The number of nitrogen functional groups attached to an aromatic ring is 2. The molecule has 0 saturated carbocycles. The Hall–Kier alpha value is -1.63. The molecule has 2 rings (SSSR count). The van der Waals surface area contributed by atoms with Crippen molar-refractivity contribution in [2.45, 2.75) is 12.6 Å². The van der Waals surface area contributed by atoms with E-state index in [-0.39, 0.29) is 18.6 Å². The number of hydrogen-bond donors (Lipinski definition) is 3. The van der Waals surface area contributed by atoms with E-state index in [9.17, 15) is 0 Å². The molecule has 1 aromatic heterocycles. The monoisotopic (exact) mass is 182 g/mol. The van der Waals surface area contributed by atoms with Crippen molar-refractivity contribution in [3.05, 3.63) is 0 Å². The number of aliphatic hydroxyl groups excluding tert-OH is 1. The normalized spacial score (nSPS) is 19.3. The molecule has 1 atom stereocenters. The lowest BCUT2D eigenvalue weighted by Crippen LogP contribution is -2.06. The van der Waals surface area contributed by atoms with Gasteiger partial charge < -0.3 is 16.6 Å². The Morgan fingerprint density at radius 2 is 2.23 bits per heavy atom. The summed E-state index contributed by atoms with van der Waals surface area (Å²) in [5, 5.41) is 20.4. The van der Waals surface area contributed by atoms with E-state index in [4.69, 9.17) is 16.6 Å². The van der Waals surface area contributed by atoms with Crippen molar-refractivity contribution >= 4 is 17.3 Å². The van der Waals surface area contributed by atoms with E-state index in [0.717, 1.165) is 0 Å². The second-order valence-corrected chi connectivity index (χ2v) is 2.78. The standard InChI is InChI=1S/C6H10N6O/c7-4-5(8)11-12-3(1-2-13)9-10-6(4)12/h3,13H,1-2,7H2,(H2,8,11). The van der Waals surface area contributed by atoms with Crippen molar-refractivity contribution < 1.29 is 5.11 Å². The summed E-state index contributed by atoms with van der Waals surface area (Å²) in [7, 11) is 0. The van der Waals surface area contributed by atoms with Crippen LogP contribution in [0.1, 0.15) is 12.6 Å². The molecule has 7 nitrogen and oxygen atoms in total. The van der Waals surface area contributed by atoms with Crippen LogP contribution in [0.5, 0.6) is 0 Å². The van der Waals surface area contributed by atoms with Crippen LogP contribution in [0.25, 0.3) is 0 Å². The largest absolute Gasteiger partial charge is 0.396 e. The predicted octanol–water partition coefficient (Wildman–Crippen LogP) is 0.0258. The number of anilines is 2. The fraction of sp³-hybridized carbons (Fsp3) is 0.500. The van der Waals surface area contributed by atoms with Crippen LogP contribution in [0.3, 0.4) is 0 Å². The molecule has 5 N–H and O–H groups in total. The first-order valence-corrected chi connectivity index (χ1v) is 3.89. The average molecular weight is 182 g/mol. The molecule has 1 unspecified atom stereocenters. The van der Waals surface area contributed by atoms with E-state index in [1.54, 1.807) is 0 Å². The SMILES string of the molecule is Nc1nn2c(c1N)N=NC2CCO. The summed E-state index contributed by atoms with van der Waals surface area (Å²) in [5.74, 6) is 0.743. The van der Waals surface area contributed by atoms with E-state index in [1.807, 2.05) is 0 Å². The van der Waals surface area contributed by atoms with E-state index in [2.05, 4.69) is 15.3 Å². The molecule has 1 aliphatic rings. The van der Waals surface area contributed by atoms with Gasteiger partial charge in [-0.25, -0.2) is 4.68 Å². The lowest BCUT2D eigenvalue weighted by molar-refractivity contribution is 0.257.